The first-order valence-corrected chi connectivity index (χ1v) is 10.6. The van der Waals surface area contributed by atoms with E-state index in [9.17, 15) is 9.90 Å². The number of para-hydroxylation sites is 1. The summed E-state index contributed by atoms with van der Waals surface area (Å²) in [5.74, 6) is 1.13. The Hall–Kier alpha value is -4.59. The molecule has 8 nitrogen and oxygen atoms in total. The van der Waals surface area contributed by atoms with Gasteiger partial charge in [-0.15, -0.1) is 0 Å². The van der Waals surface area contributed by atoms with Crippen LogP contribution in [0, 0.1) is 0 Å². The van der Waals surface area contributed by atoms with Crippen molar-refractivity contribution in [2.24, 2.45) is 0 Å². The van der Waals surface area contributed by atoms with Crippen LogP contribution in [0.25, 0.3) is 18.2 Å². The van der Waals surface area contributed by atoms with Crippen LogP contribution in [0.1, 0.15) is 16.7 Å². The predicted molar refractivity (Wildman–Crippen MR) is 138 cm³/mol. The normalized spacial score (nSPS) is 11.0. The minimum Gasteiger partial charge on any atom is -0.503 e. The fraction of sp³-hybridized carbons (Fsp3) is 0.148. The number of aromatic hydroxyl groups is 1. The lowest BCUT2D eigenvalue weighted by atomic mass is 10.1. The van der Waals surface area contributed by atoms with Gasteiger partial charge in [-0.2, -0.15) is 0 Å². The molecule has 0 aromatic heterocycles. The third-order valence-electron chi connectivity index (χ3n) is 5.14. The standard InChI is InChI=1S/C27H28N2O6/c1-32-22-14-17(9-10-18-15-23(33-2)27(35-4)24(16-18)34-3)13-21(26(22)31)29-25(30)12-11-19-7-5-6-8-20(19)28/h5-16,31H,28H2,1-4H3,(H,29,30)/b10-9?,12-11+. The SMILES string of the molecule is COc1cc(C=Cc2cc(OC)c(OC)c(OC)c2)cc(NC(=O)/C=C/c2ccccc2N)c1O. The molecule has 0 bridgehead atoms. The number of carbonyl (C=O) groups is 1. The molecule has 3 aromatic rings. The van der Waals surface area contributed by atoms with Crippen molar-refractivity contribution in [1.29, 1.82) is 0 Å². The van der Waals surface area contributed by atoms with Crippen LogP contribution in [-0.2, 0) is 4.79 Å². The van der Waals surface area contributed by atoms with Crippen LogP contribution in [-0.4, -0.2) is 39.5 Å². The van der Waals surface area contributed by atoms with Gasteiger partial charge in [0.2, 0.25) is 11.7 Å². The number of phenols is 1. The van der Waals surface area contributed by atoms with E-state index in [1.165, 1.54) is 13.2 Å². The van der Waals surface area contributed by atoms with Gasteiger partial charge in [0.15, 0.2) is 23.0 Å². The zero-order valence-corrected chi connectivity index (χ0v) is 20.0. The van der Waals surface area contributed by atoms with Crippen molar-refractivity contribution in [2.45, 2.75) is 0 Å². The number of anilines is 2. The first-order chi connectivity index (χ1) is 16.9. The predicted octanol–water partition coefficient (Wildman–Crippen LogP) is 4.83. The van der Waals surface area contributed by atoms with Gasteiger partial charge in [-0.1, -0.05) is 30.4 Å². The quantitative estimate of drug-likeness (QED) is 0.175. The van der Waals surface area contributed by atoms with Gasteiger partial charge in [0.25, 0.3) is 0 Å². The van der Waals surface area contributed by atoms with Gasteiger partial charge in [-0.3, -0.25) is 4.79 Å². The lowest BCUT2D eigenvalue weighted by Gasteiger charge is -2.13. The molecule has 35 heavy (non-hydrogen) atoms. The van der Waals surface area contributed by atoms with E-state index in [0.717, 1.165) is 5.56 Å². The number of methoxy groups -OCH3 is 4. The van der Waals surface area contributed by atoms with Crippen molar-refractivity contribution in [1.82, 2.24) is 0 Å². The minimum absolute atomic E-state index is 0.182. The Morgan fingerprint density at radius 1 is 0.829 bits per heavy atom. The minimum atomic E-state index is -0.434. The van der Waals surface area contributed by atoms with Gasteiger partial charge in [0.05, 0.1) is 34.1 Å². The Labute approximate surface area is 204 Å². The molecule has 0 heterocycles. The molecule has 0 unspecified atom stereocenters. The molecule has 1 amide bonds. The third-order valence-corrected chi connectivity index (χ3v) is 5.14. The first kappa shape index (κ1) is 25.0. The molecule has 0 aliphatic heterocycles. The second-order valence-corrected chi connectivity index (χ2v) is 7.36. The number of nitrogens with one attached hydrogen (secondary N) is 1. The fourth-order valence-electron chi connectivity index (χ4n) is 3.37. The molecule has 0 saturated carbocycles. The Morgan fingerprint density at radius 2 is 1.40 bits per heavy atom. The Kier molecular flexibility index (Phi) is 8.24. The maximum atomic E-state index is 12.5. The van der Waals surface area contributed by atoms with Crippen LogP contribution in [0.2, 0.25) is 0 Å². The maximum Gasteiger partial charge on any atom is 0.248 e. The van der Waals surface area contributed by atoms with Crippen molar-refractivity contribution >= 4 is 35.5 Å². The number of amides is 1. The average Bonchev–Trinajstić information content (AvgIpc) is 2.87. The zero-order valence-electron chi connectivity index (χ0n) is 20.0. The van der Waals surface area contributed by atoms with Crippen molar-refractivity contribution in [2.75, 3.05) is 39.5 Å². The maximum absolute atomic E-state index is 12.5. The number of benzene rings is 3. The number of nitrogens with two attached hydrogens (primary N) is 1. The van der Waals surface area contributed by atoms with E-state index in [1.807, 2.05) is 18.2 Å². The smallest absolute Gasteiger partial charge is 0.248 e. The molecule has 0 radical (unpaired) electrons. The Bertz CT molecular complexity index is 1240. The van der Waals surface area contributed by atoms with E-state index in [0.29, 0.717) is 34.1 Å². The molecule has 0 saturated heterocycles. The van der Waals surface area contributed by atoms with Gasteiger partial charge in [-0.05, 0) is 53.1 Å². The molecule has 3 aromatic carbocycles. The highest BCUT2D eigenvalue weighted by Gasteiger charge is 2.14. The summed E-state index contributed by atoms with van der Waals surface area (Å²) in [6, 6.07) is 14.1. The highest BCUT2D eigenvalue weighted by atomic mass is 16.5. The molecule has 0 spiro atoms. The van der Waals surface area contributed by atoms with Crippen molar-refractivity contribution in [3.63, 3.8) is 0 Å². The first-order valence-electron chi connectivity index (χ1n) is 10.6. The molecule has 0 aliphatic carbocycles. The number of phenolic OH excluding ortho intramolecular Hbond substituents is 1. The van der Waals surface area contributed by atoms with E-state index in [4.69, 9.17) is 24.7 Å². The Morgan fingerprint density at radius 3 is 1.97 bits per heavy atom. The third kappa shape index (κ3) is 6.05. The van der Waals surface area contributed by atoms with Gasteiger partial charge < -0.3 is 35.1 Å². The average molecular weight is 477 g/mol. The van der Waals surface area contributed by atoms with Gasteiger partial charge >= 0.3 is 0 Å². The summed E-state index contributed by atoms with van der Waals surface area (Å²) < 4.78 is 21.4. The summed E-state index contributed by atoms with van der Waals surface area (Å²) in [4.78, 5) is 12.5. The molecule has 3 rings (SSSR count). The molecule has 8 heteroatoms. The molecule has 4 N–H and O–H groups in total. The van der Waals surface area contributed by atoms with Crippen LogP contribution >= 0.6 is 0 Å². The van der Waals surface area contributed by atoms with Crippen LogP contribution in [0.4, 0.5) is 11.4 Å². The van der Waals surface area contributed by atoms with Gasteiger partial charge in [-0.25, -0.2) is 0 Å². The summed E-state index contributed by atoms with van der Waals surface area (Å²) >= 11 is 0. The zero-order chi connectivity index (χ0) is 25.4. The highest BCUT2D eigenvalue weighted by molar-refractivity contribution is 6.03. The van der Waals surface area contributed by atoms with Crippen LogP contribution in [0.15, 0.2) is 54.6 Å². The van der Waals surface area contributed by atoms with E-state index in [1.54, 1.807) is 69.9 Å². The number of rotatable bonds is 9. The number of ether oxygens (including phenoxy) is 4. The highest BCUT2D eigenvalue weighted by Crippen LogP contribution is 2.39. The van der Waals surface area contributed by atoms with E-state index < -0.39 is 5.91 Å². The number of hydrogen-bond donors (Lipinski definition) is 3. The fourth-order valence-corrected chi connectivity index (χ4v) is 3.37. The summed E-state index contributed by atoms with van der Waals surface area (Å²) in [6.45, 7) is 0. The number of carbonyl (C=O) groups excluding carboxylic acids is 1. The summed E-state index contributed by atoms with van der Waals surface area (Å²) in [5.41, 5.74) is 8.85. The largest absolute Gasteiger partial charge is 0.503 e. The monoisotopic (exact) mass is 476 g/mol. The van der Waals surface area contributed by atoms with E-state index in [2.05, 4.69) is 5.32 Å². The number of hydrogen-bond acceptors (Lipinski definition) is 7. The molecule has 182 valence electrons. The van der Waals surface area contributed by atoms with E-state index >= 15 is 0 Å². The topological polar surface area (TPSA) is 112 Å². The second kappa shape index (κ2) is 11.5. The molecular formula is C27H28N2O6. The van der Waals surface area contributed by atoms with Gasteiger partial charge in [0, 0.05) is 11.8 Å². The molecule has 0 aliphatic rings. The van der Waals surface area contributed by atoms with Crippen LogP contribution in [0.5, 0.6) is 28.7 Å². The van der Waals surface area contributed by atoms with E-state index in [-0.39, 0.29) is 17.2 Å². The van der Waals surface area contributed by atoms with Crippen LogP contribution in [0.3, 0.4) is 0 Å². The van der Waals surface area contributed by atoms with Crippen molar-refractivity contribution in [3.05, 3.63) is 71.3 Å². The van der Waals surface area contributed by atoms with Crippen LogP contribution < -0.4 is 30.0 Å². The number of nitrogen functional groups attached to an aromatic ring is 1. The lowest BCUT2D eigenvalue weighted by molar-refractivity contribution is -0.111. The molecule has 0 fully saturated rings. The molecular weight excluding hydrogens is 448 g/mol. The lowest BCUT2D eigenvalue weighted by Crippen LogP contribution is -2.08. The van der Waals surface area contributed by atoms with Crippen molar-refractivity contribution < 1.29 is 28.8 Å². The van der Waals surface area contributed by atoms with Gasteiger partial charge in [0.1, 0.15) is 0 Å². The summed E-state index contributed by atoms with van der Waals surface area (Å²) in [5, 5.41) is 13.2. The summed E-state index contributed by atoms with van der Waals surface area (Å²) in [7, 11) is 6.07. The molecule has 0 atom stereocenters. The Balaban J connectivity index is 1.88. The van der Waals surface area contributed by atoms with Crippen molar-refractivity contribution in [3.8, 4) is 28.7 Å². The second-order valence-electron chi connectivity index (χ2n) is 7.36. The summed E-state index contributed by atoms with van der Waals surface area (Å²) in [6.07, 6.45) is 6.59.